The van der Waals surface area contributed by atoms with E-state index in [9.17, 15) is 5.11 Å². The molecule has 0 aliphatic heterocycles. The molecule has 0 spiro atoms. The van der Waals surface area contributed by atoms with Crippen molar-refractivity contribution < 1.29 is 5.11 Å². The third-order valence-electron chi connectivity index (χ3n) is 2.34. The van der Waals surface area contributed by atoms with Gasteiger partial charge < -0.3 is 5.11 Å². The van der Waals surface area contributed by atoms with Gasteiger partial charge in [0.1, 0.15) is 0 Å². The van der Waals surface area contributed by atoms with Crippen LogP contribution >= 0.6 is 0 Å². The third-order valence-corrected chi connectivity index (χ3v) is 2.34. The van der Waals surface area contributed by atoms with Crippen LogP contribution in [0.25, 0.3) is 10.4 Å². The predicted octanol–water partition coefficient (Wildman–Crippen LogP) is 2.59. The number of hydrogen-bond acceptors (Lipinski definition) is 2. The number of aliphatic hydroxyl groups is 1. The Morgan fingerprint density at radius 1 is 1.43 bits per heavy atom. The van der Waals surface area contributed by atoms with Crippen LogP contribution in [-0.2, 0) is 6.42 Å². The van der Waals surface area contributed by atoms with Crippen molar-refractivity contribution in [3.63, 3.8) is 0 Å². The van der Waals surface area contributed by atoms with E-state index in [2.05, 4.69) is 10.0 Å². The summed E-state index contributed by atoms with van der Waals surface area (Å²) in [5, 5.41) is 13.2. The zero-order valence-corrected chi connectivity index (χ0v) is 6.96. The molecule has 1 aliphatic carbocycles. The van der Waals surface area contributed by atoms with Gasteiger partial charge in [-0.25, -0.2) is 0 Å². The molecule has 0 amide bonds. The summed E-state index contributed by atoms with van der Waals surface area (Å²) in [5.41, 5.74) is 10.3. The summed E-state index contributed by atoms with van der Waals surface area (Å²) in [6.07, 6.45) is 0.0214. The topological polar surface area (TPSA) is 69.0 Å². The van der Waals surface area contributed by atoms with Crippen LogP contribution in [0.4, 0.5) is 0 Å². The average molecular weight is 191 g/mol. The normalized spacial score (nSPS) is 23.2. The monoisotopic (exact) mass is 191 g/mol. The summed E-state index contributed by atoms with van der Waals surface area (Å²) >= 11 is 0. The molecule has 4 nitrogen and oxygen atoms in total. The van der Waals surface area contributed by atoms with Crippen molar-refractivity contribution in [2.45, 2.75) is 26.0 Å². The molecule has 1 aliphatic rings. The highest BCUT2D eigenvalue weighted by Crippen LogP contribution is 2.34. The van der Waals surface area contributed by atoms with Crippen LogP contribution in [-0.4, -0.2) is 11.2 Å². The van der Waals surface area contributed by atoms with E-state index in [-0.39, 0.29) is 7.43 Å². The number of hydrogen-bond donors (Lipinski definition) is 1. The summed E-state index contributed by atoms with van der Waals surface area (Å²) in [6, 6.07) is 7.25. The largest absolute Gasteiger partial charge is 0.392 e. The quantitative estimate of drug-likeness (QED) is 0.413. The van der Waals surface area contributed by atoms with Crippen molar-refractivity contribution >= 4 is 0 Å². The molecule has 0 unspecified atom stereocenters. The van der Waals surface area contributed by atoms with E-state index in [1.807, 2.05) is 24.3 Å². The van der Waals surface area contributed by atoms with Gasteiger partial charge in [-0.3, -0.25) is 0 Å². The number of aliphatic hydroxyl groups excluding tert-OH is 1. The minimum Gasteiger partial charge on any atom is -0.392 e. The summed E-state index contributed by atoms with van der Waals surface area (Å²) in [4.78, 5) is 2.73. The summed E-state index contributed by atoms with van der Waals surface area (Å²) in [5.74, 6) is 0. The van der Waals surface area contributed by atoms with Crippen LogP contribution < -0.4 is 0 Å². The summed E-state index contributed by atoms with van der Waals surface area (Å²) in [7, 11) is 0. The van der Waals surface area contributed by atoms with Crippen molar-refractivity contribution in [2.75, 3.05) is 0 Å². The molecule has 1 aromatic carbocycles. The minimum atomic E-state index is -0.562. The molecule has 0 radical (unpaired) electrons. The van der Waals surface area contributed by atoms with Gasteiger partial charge in [-0.15, -0.1) is 0 Å². The van der Waals surface area contributed by atoms with Gasteiger partial charge in [-0.05, 0) is 23.1 Å². The van der Waals surface area contributed by atoms with Gasteiger partial charge in [-0.2, -0.15) is 0 Å². The number of nitrogens with zero attached hydrogens (tertiary/aromatic N) is 3. The fourth-order valence-corrected chi connectivity index (χ4v) is 1.75. The van der Waals surface area contributed by atoms with Crippen LogP contribution in [0.2, 0.25) is 0 Å². The van der Waals surface area contributed by atoms with E-state index in [0.717, 1.165) is 11.1 Å². The molecule has 14 heavy (non-hydrogen) atoms. The molecule has 2 atom stereocenters. The first-order valence-electron chi connectivity index (χ1n) is 4.13. The van der Waals surface area contributed by atoms with Gasteiger partial charge >= 0.3 is 0 Å². The van der Waals surface area contributed by atoms with Crippen LogP contribution in [0, 0.1) is 0 Å². The SMILES string of the molecule is C.[N-]=[N+]=N[C@@H]1c2ccccc2C[C@@H]1O. The second-order valence-electron chi connectivity index (χ2n) is 3.12. The molecule has 0 fully saturated rings. The molecular formula is C10H13N3O. The van der Waals surface area contributed by atoms with E-state index in [4.69, 9.17) is 5.53 Å². The highest BCUT2D eigenvalue weighted by atomic mass is 16.3. The Hall–Kier alpha value is -1.51. The average Bonchev–Trinajstić information content (AvgIpc) is 2.44. The Labute approximate surface area is 82.8 Å². The first-order valence-corrected chi connectivity index (χ1v) is 4.13. The maximum Gasteiger partial charge on any atom is 0.0890 e. The number of benzene rings is 1. The summed E-state index contributed by atoms with van der Waals surface area (Å²) in [6.45, 7) is 0. The van der Waals surface area contributed by atoms with E-state index in [1.54, 1.807) is 0 Å². The van der Waals surface area contributed by atoms with Crippen molar-refractivity contribution in [1.82, 2.24) is 0 Å². The minimum absolute atomic E-state index is 0. The Bertz CT molecular complexity index is 371. The van der Waals surface area contributed by atoms with Crippen LogP contribution in [0.3, 0.4) is 0 Å². The van der Waals surface area contributed by atoms with Crippen molar-refractivity contribution in [2.24, 2.45) is 5.11 Å². The lowest BCUT2D eigenvalue weighted by atomic mass is 10.1. The fraction of sp³-hybridized carbons (Fsp3) is 0.400. The molecule has 1 N–H and O–H groups in total. The number of fused-ring (bicyclic) bond motifs is 1. The number of azide groups is 1. The van der Waals surface area contributed by atoms with Gasteiger partial charge in [0.2, 0.25) is 0 Å². The van der Waals surface area contributed by atoms with Crippen LogP contribution in [0.1, 0.15) is 24.6 Å². The lowest BCUT2D eigenvalue weighted by Crippen LogP contribution is -2.10. The molecule has 1 aromatic rings. The number of rotatable bonds is 1. The zero-order valence-electron chi connectivity index (χ0n) is 6.96. The third kappa shape index (κ3) is 1.58. The maximum atomic E-state index is 9.58. The first-order chi connectivity index (χ1) is 6.33. The maximum absolute atomic E-state index is 9.58. The lowest BCUT2D eigenvalue weighted by Gasteiger charge is -2.07. The molecule has 0 bridgehead atoms. The van der Waals surface area contributed by atoms with Gasteiger partial charge in [-0.1, -0.05) is 36.8 Å². The molecule has 0 heterocycles. The second-order valence-corrected chi connectivity index (χ2v) is 3.12. The summed E-state index contributed by atoms with van der Waals surface area (Å²) < 4.78 is 0. The van der Waals surface area contributed by atoms with Crippen LogP contribution in [0.15, 0.2) is 29.4 Å². The van der Waals surface area contributed by atoms with Crippen molar-refractivity contribution in [3.05, 3.63) is 45.8 Å². The Morgan fingerprint density at radius 2 is 2.14 bits per heavy atom. The molecule has 74 valence electrons. The molecule has 0 aromatic heterocycles. The van der Waals surface area contributed by atoms with Gasteiger partial charge in [0, 0.05) is 4.91 Å². The smallest absolute Gasteiger partial charge is 0.0890 e. The van der Waals surface area contributed by atoms with Gasteiger partial charge in [0.05, 0.1) is 12.1 Å². The second kappa shape index (κ2) is 4.13. The predicted molar refractivity (Wildman–Crippen MR) is 54.8 cm³/mol. The molecule has 2 rings (SSSR count). The Kier molecular flexibility index (Phi) is 3.12. The van der Waals surface area contributed by atoms with Crippen molar-refractivity contribution in [3.8, 4) is 0 Å². The van der Waals surface area contributed by atoms with E-state index in [1.165, 1.54) is 0 Å². The standard InChI is InChI=1S/C9H9N3O.CH4/c10-12-11-9-7-4-2-1-3-6(7)5-8(9)13;/h1-4,8-9,13H,5H2;1H4/t8-,9+;/m0./s1. The Balaban J connectivity index is 0.000000980. The highest BCUT2D eigenvalue weighted by molar-refractivity contribution is 5.36. The molecule has 4 heteroatoms. The molecule has 0 saturated heterocycles. The van der Waals surface area contributed by atoms with Gasteiger partial charge in [0.15, 0.2) is 0 Å². The molecular weight excluding hydrogens is 178 g/mol. The van der Waals surface area contributed by atoms with E-state index < -0.39 is 12.1 Å². The fourth-order valence-electron chi connectivity index (χ4n) is 1.75. The van der Waals surface area contributed by atoms with Gasteiger partial charge in [0.25, 0.3) is 0 Å². The lowest BCUT2D eigenvalue weighted by molar-refractivity contribution is 0.158. The molecule has 0 saturated carbocycles. The van der Waals surface area contributed by atoms with Crippen LogP contribution in [0.5, 0.6) is 0 Å². The first kappa shape index (κ1) is 10.6. The van der Waals surface area contributed by atoms with E-state index in [0.29, 0.717) is 6.42 Å². The van der Waals surface area contributed by atoms with Crippen molar-refractivity contribution in [1.29, 1.82) is 0 Å². The van der Waals surface area contributed by atoms with E-state index >= 15 is 0 Å². The Morgan fingerprint density at radius 3 is 2.86 bits per heavy atom. The zero-order chi connectivity index (χ0) is 9.26. The highest BCUT2D eigenvalue weighted by Gasteiger charge is 2.29.